The fraction of sp³-hybridized carbons (Fsp3) is 0.235. The van der Waals surface area contributed by atoms with Crippen molar-refractivity contribution in [3.63, 3.8) is 0 Å². The highest BCUT2D eigenvalue weighted by atomic mass is 79.9. The van der Waals surface area contributed by atoms with E-state index in [2.05, 4.69) is 20.7 Å². The highest BCUT2D eigenvalue weighted by Crippen LogP contribution is 2.30. The number of benzene rings is 2. The van der Waals surface area contributed by atoms with Crippen LogP contribution in [0.3, 0.4) is 0 Å². The number of carbonyl (C=O) groups is 1. The molecule has 0 aliphatic carbocycles. The quantitative estimate of drug-likeness (QED) is 0.695. The molecular formula is C17H15BrF3NO3. The van der Waals surface area contributed by atoms with Crippen LogP contribution in [0.4, 0.5) is 13.2 Å². The van der Waals surface area contributed by atoms with Crippen molar-refractivity contribution in [2.75, 3.05) is 14.2 Å². The molecule has 0 saturated carbocycles. The van der Waals surface area contributed by atoms with Crippen molar-refractivity contribution >= 4 is 21.8 Å². The molecule has 0 saturated heterocycles. The monoisotopic (exact) mass is 417 g/mol. The summed E-state index contributed by atoms with van der Waals surface area (Å²) in [6.07, 6.45) is 0. The van der Waals surface area contributed by atoms with Crippen molar-refractivity contribution in [1.82, 2.24) is 4.90 Å². The third-order valence-corrected chi connectivity index (χ3v) is 3.88. The van der Waals surface area contributed by atoms with E-state index in [1.54, 1.807) is 12.1 Å². The number of carbonyl (C=O) groups excluding carboxylic acids is 1. The van der Waals surface area contributed by atoms with Crippen LogP contribution in [0.2, 0.25) is 0 Å². The van der Waals surface area contributed by atoms with Crippen LogP contribution in [-0.2, 0) is 6.54 Å². The molecule has 25 heavy (non-hydrogen) atoms. The first kappa shape index (κ1) is 19.1. The van der Waals surface area contributed by atoms with Crippen LogP contribution in [0.1, 0.15) is 15.9 Å². The van der Waals surface area contributed by atoms with E-state index in [0.29, 0.717) is 10.0 Å². The largest absolute Gasteiger partial charge is 0.493 e. The minimum Gasteiger partial charge on any atom is -0.493 e. The molecule has 0 aromatic heterocycles. The summed E-state index contributed by atoms with van der Waals surface area (Å²) in [5.41, 5.74) is 0.547. The van der Waals surface area contributed by atoms with Crippen LogP contribution >= 0.6 is 15.9 Å². The van der Waals surface area contributed by atoms with E-state index in [9.17, 15) is 18.0 Å². The van der Waals surface area contributed by atoms with E-state index in [4.69, 9.17) is 4.74 Å². The van der Waals surface area contributed by atoms with E-state index < -0.39 is 18.3 Å². The molecule has 2 aromatic rings. The molecule has 1 amide bonds. The van der Waals surface area contributed by atoms with Crippen molar-refractivity contribution in [3.05, 3.63) is 57.8 Å². The molecular weight excluding hydrogens is 403 g/mol. The van der Waals surface area contributed by atoms with E-state index in [1.165, 1.54) is 43.3 Å². The number of hydrogen-bond acceptors (Lipinski definition) is 3. The van der Waals surface area contributed by atoms with Crippen LogP contribution in [0.15, 0.2) is 40.9 Å². The summed E-state index contributed by atoms with van der Waals surface area (Å²) in [4.78, 5) is 13.8. The number of nitrogens with zero attached hydrogens (tertiary/aromatic N) is 1. The lowest BCUT2D eigenvalue weighted by molar-refractivity contribution is -0.0512. The van der Waals surface area contributed by atoms with E-state index in [0.717, 1.165) is 0 Å². The van der Waals surface area contributed by atoms with Gasteiger partial charge in [-0.3, -0.25) is 4.79 Å². The number of methoxy groups -OCH3 is 1. The smallest absolute Gasteiger partial charge is 0.387 e. The number of amides is 1. The van der Waals surface area contributed by atoms with Crippen molar-refractivity contribution < 1.29 is 27.4 Å². The second-order valence-corrected chi connectivity index (χ2v) is 6.06. The second-order valence-electron chi connectivity index (χ2n) is 5.14. The van der Waals surface area contributed by atoms with Gasteiger partial charge in [0.15, 0.2) is 11.5 Å². The number of alkyl halides is 2. The number of halogens is 4. The van der Waals surface area contributed by atoms with Crippen molar-refractivity contribution in [2.45, 2.75) is 13.2 Å². The summed E-state index contributed by atoms with van der Waals surface area (Å²) in [6.45, 7) is -2.96. The zero-order chi connectivity index (χ0) is 18.6. The summed E-state index contributed by atoms with van der Waals surface area (Å²) in [5.74, 6) is -1.01. The normalized spacial score (nSPS) is 10.7. The number of ether oxygens (including phenoxy) is 2. The lowest BCUT2D eigenvalue weighted by atomic mass is 10.1. The lowest BCUT2D eigenvalue weighted by Gasteiger charge is -2.19. The van der Waals surface area contributed by atoms with Gasteiger partial charge in [-0.15, -0.1) is 0 Å². The Hall–Kier alpha value is -2.22. The zero-order valence-corrected chi connectivity index (χ0v) is 15.0. The van der Waals surface area contributed by atoms with Gasteiger partial charge in [-0.1, -0.05) is 15.9 Å². The van der Waals surface area contributed by atoms with E-state index in [-0.39, 0.29) is 23.6 Å². The molecule has 2 aromatic carbocycles. The third-order valence-electron chi connectivity index (χ3n) is 3.39. The highest BCUT2D eigenvalue weighted by Gasteiger charge is 2.18. The molecule has 2 rings (SSSR count). The second kappa shape index (κ2) is 8.24. The van der Waals surface area contributed by atoms with Crippen molar-refractivity contribution in [2.24, 2.45) is 0 Å². The summed E-state index contributed by atoms with van der Waals surface area (Å²) in [5, 5.41) is 0. The minimum atomic E-state index is -3.00. The summed E-state index contributed by atoms with van der Waals surface area (Å²) >= 11 is 3.25. The molecule has 8 heteroatoms. The molecule has 4 nitrogen and oxygen atoms in total. The minimum absolute atomic E-state index is 0.00758. The van der Waals surface area contributed by atoms with Gasteiger partial charge < -0.3 is 14.4 Å². The molecule has 0 spiro atoms. The summed E-state index contributed by atoms with van der Waals surface area (Å²) in [7, 11) is 2.79. The Morgan fingerprint density at radius 3 is 2.56 bits per heavy atom. The van der Waals surface area contributed by atoms with Crippen LogP contribution in [-0.4, -0.2) is 31.6 Å². The first-order valence-corrected chi connectivity index (χ1v) is 7.93. The molecule has 0 radical (unpaired) electrons. The first-order valence-electron chi connectivity index (χ1n) is 7.14. The molecule has 0 N–H and O–H groups in total. The molecule has 0 unspecified atom stereocenters. The van der Waals surface area contributed by atoms with Crippen molar-refractivity contribution in [1.29, 1.82) is 0 Å². The van der Waals surface area contributed by atoms with E-state index in [1.807, 2.05) is 0 Å². The van der Waals surface area contributed by atoms with Crippen LogP contribution < -0.4 is 9.47 Å². The standard InChI is InChI=1S/C17H15BrF3NO3/c1-22(9-11-7-12(18)4-5-13(11)19)16(23)10-3-6-14(25-17(20)21)15(8-10)24-2/h3-8,17H,9H2,1-2H3. The molecule has 0 aliphatic rings. The Bertz CT molecular complexity index is 771. The molecule has 0 aliphatic heterocycles. The van der Waals surface area contributed by atoms with Gasteiger partial charge in [-0.2, -0.15) is 8.78 Å². The van der Waals surface area contributed by atoms with Crippen molar-refractivity contribution in [3.8, 4) is 11.5 Å². The van der Waals surface area contributed by atoms with Crippen LogP contribution in [0.5, 0.6) is 11.5 Å². The number of rotatable bonds is 6. The SMILES string of the molecule is COc1cc(C(=O)N(C)Cc2cc(Br)ccc2F)ccc1OC(F)F. The summed E-state index contributed by atoms with van der Waals surface area (Å²) < 4.78 is 48.5. The fourth-order valence-corrected chi connectivity index (χ4v) is 2.61. The Kier molecular flexibility index (Phi) is 6.30. The Morgan fingerprint density at radius 1 is 1.20 bits per heavy atom. The van der Waals surface area contributed by atoms with Gasteiger partial charge in [-0.05, 0) is 36.4 Å². The van der Waals surface area contributed by atoms with Crippen LogP contribution in [0.25, 0.3) is 0 Å². The highest BCUT2D eigenvalue weighted by molar-refractivity contribution is 9.10. The maximum atomic E-state index is 13.8. The Labute approximate surface area is 151 Å². The average molecular weight is 418 g/mol. The average Bonchev–Trinajstić information content (AvgIpc) is 2.57. The van der Waals surface area contributed by atoms with Gasteiger partial charge in [0, 0.05) is 29.2 Å². The maximum absolute atomic E-state index is 13.8. The predicted molar refractivity (Wildman–Crippen MR) is 89.5 cm³/mol. The maximum Gasteiger partial charge on any atom is 0.387 e. The molecule has 0 heterocycles. The molecule has 134 valence electrons. The van der Waals surface area contributed by atoms with Gasteiger partial charge in [-0.25, -0.2) is 4.39 Å². The zero-order valence-electron chi connectivity index (χ0n) is 13.4. The van der Waals surface area contributed by atoms with Gasteiger partial charge in [0.1, 0.15) is 5.82 Å². The molecule has 0 atom stereocenters. The Morgan fingerprint density at radius 2 is 1.92 bits per heavy atom. The van der Waals surface area contributed by atoms with E-state index >= 15 is 0 Å². The fourth-order valence-electron chi connectivity index (χ4n) is 2.21. The topological polar surface area (TPSA) is 38.8 Å². The lowest BCUT2D eigenvalue weighted by Crippen LogP contribution is -2.26. The third kappa shape index (κ3) is 4.88. The van der Waals surface area contributed by atoms with Crippen LogP contribution in [0, 0.1) is 5.82 Å². The summed E-state index contributed by atoms with van der Waals surface area (Å²) in [6, 6.07) is 8.32. The number of hydrogen-bond donors (Lipinski definition) is 0. The van der Waals surface area contributed by atoms with Gasteiger partial charge in [0.25, 0.3) is 5.91 Å². The first-order chi connectivity index (χ1) is 11.8. The Balaban J connectivity index is 2.20. The molecule has 0 fully saturated rings. The molecule has 0 bridgehead atoms. The predicted octanol–water partition coefficient (Wildman–Crippen LogP) is 4.47. The van der Waals surface area contributed by atoms with Gasteiger partial charge in [0.2, 0.25) is 0 Å². The van der Waals surface area contributed by atoms with Gasteiger partial charge >= 0.3 is 6.61 Å². The van der Waals surface area contributed by atoms with Gasteiger partial charge in [0.05, 0.1) is 7.11 Å².